The first kappa shape index (κ1) is 19.5. The van der Waals surface area contributed by atoms with Crippen LogP contribution in [0.15, 0.2) is 122 Å². The summed E-state index contributed by atoms with van der Waals surface area (Å²) in [7, 11) is 0. The minimum atomic E-state index is 0.628. The van der Waals surface area contributed by atoms with Crippen LogP contribution in [0.3, 0.4) is 0 Å². The standard InChI is InChI=1S/C15H15N.C6H6.C5H5N/c1-2-6-12(7-3-1)13-9-10-14(13)15-8-4-5-11-16-15;2*1-2-4-6-5-3-1/h1-8,11,13-14H,9-10H2;1-6H;1-5H. The molecule has 1 fully saturated rings. The van der Waals surface area contributed by atoms with Gasteiger partial charge in [-0.15, -0.1) is 0 Å². The monoisotopic (exact) mass is 366 g/mol. The minimum absolute atomic E-state index is 0.628. The van der Waals surface area contributed by atoms with E-state index in [0.717, 1.165) is 0 Å². The topological polar surface area (TPSA) is 25.8 Å². The Hall–Kier alpha value is -3.26. The number of hydrogen-bond donors (Lipinski definition) is 0. The second-order valence-electron chi connectivity index (χ2n) is 6.63. The summed E-state index contributed by atoms with van der Waals surface area (Å²) in [5.41, 5.74) is 2.71. The van der Waals surface area contributed by atoms with Crippen molar-refractivity contribution in [1.29, 1.82) is 0 Å². The Kier molecular flexibility index (Phi) is 7.98. The van der Waals surface area contributed by atoms with Gasteiger partial charge in [-0.1, -0.05) is 78.9 Å². The fourth-order valence-corrected chi connectivity index (χ4v) is 3.25. The molecule has 5 rings (SSSR count). The summed E-state index contributed by atoms with van der Waals surface area (Å²) in [6.07, 6.45) is 7.97. The molecule has 0 saturated heterocycles. The molecule has 0 spiro atoms. The van der Waals surface area contributed by atoms with Gasteiger partial charge in [0.15, 0.2) is 0 Å². The number of rotatable bonds is 2. The number of nitrogens with zero attached hydrogens (tertiary/aromatic N) is 2. The van der Waals surface area contributed by atoms with E-state index < -0.39 is 0 Å². The Morgan fingerprint density at radius 1 is 0.500 bits per heavy atom. The van der Waals surface area contributed by atoms with Crippen molar-refractivity contribution in [2.45, 2.75) is 24.7 Å². The first-order valence-corrected chi connectivity index (χ1v) is 9.76. The van der Waals surface area contributed by atoms with E-state index in [1.165, 1.54) is 24.1 Å². The molecule has 2 heteroatoms. The van der Waals surface area contributed by atoms with E-state index in [4.69, 9.17) is 0 Å². The predicted octanol–water partition coefficient (Wildman–Crippen LogP) is 6.51. The first-order valence-electron chi connectivity index (χ1n) is 9.76. The zero-order valence-electron chi connectivity index (χ0n) is 16.0. The smallest absolute Gasteiger partial charge is 0.0440 e. The summed E-state index contributed by atoms with van der Waals surface area (Å²) >= 11 is 0. The molecule has 4 aromatic rings. The molecule has 2 atom stereocenters. The Labute approximate surface area is 168 Å². The fourth-order valence-electron chi connectivity index (χ4n) is 3.25. The molecule has 0 amide bonds. The Morgan fingerprint density at radius 2 is 1.00 bits per heavy atom. The highest BCUT2D eigenvalue weighted by Gasteiger charge is 2.33. The van der Waals surface area contributed by atoms with Crippen LogP contribution in [0.25, 0.3) is 0 Å². The van der Waals surface area contributed by atoms with E-state index in [1.54, 1.807) is 12.4 Å². The molecule has 1 aliphatic rings. The zero-order chi connectivity index (χ0) is 19.3. The van der Waals surface area contributed by atoms with Crippen LogP contribution in [0.4, 0.5) is 0 Å². The van der Waals surface area contributed by atoms with Crippen LogP contribution in [-0.4, -0.2) is 9.97 Å². The molecular formula is C26H26N2. The quantitative estimate of drug-likeness (QED) is 0.404. The summed E-state index contributed by atoms with van der Waals surface area (Å²) in [6.45, 7) is 0. The summed E-state index contributed by atoms with van der Waals surface area (Å²) in [6, 6.07) is 34.7. The van der Waals surface area contributed by atoms with E-state index in [9.17, 15) is 0 Å². The fraction of sp³-hybridized carbons (Fsp3) is 0.154. The predicted molar refractivity (Wildman–Crippen MR) is 116 cm³/mol. The third kappa shape index (κ3) is 6.17. The third-order valence-electron chi connectivity index (χ3n) is 4.80. The van der Waals surface area contributed by atoms with Crippen molar-refractivity contribution in [3.05, 3.63) is 133 Å². The van der Waals surface area contributed by atoms with Crippen molar-refractivity contribution >= 4 is 0 Å². The number of aromatic nitrogens is 2. The molecule has 1 aliphatic carbocycles. The molecule has 0 bridgehead atoms. The maximum absolute atomic E-state index is 4.48. The van der Waals surface area contributed by atoms with Crippen LogP contribution >= 0.6 is 0 Å². The van der Waals surface area contributed by atoms with Gasteiger partial charge >= 0.3 is 0 Å². The summed E-state index contributed by atoms with van der Waals surface area (Å²) in [5.74, 6) is 1.31. The normalized spacial score (nSPS) is 17.0. The lowest BCUT2D eigenvalue weighted by Crippen LogP contribution is -2.22. The van der Waals surface area contributed by atoms with E-state index in [2.05, 4.69) is 52.4 Å². The largest absolute Gasteiger partial charge is 0.265 e. The average Bonchev–Trinajstić information content (AvgIpc) is 2.78. The zero-order valence-corrected chi connectivity index (χ0v) is 16.0. The van der Waals surface area contributed by atoms with Gasteiger partial charge in [-0.25, -0.2) is 0 Å². The maximum atomic E-state index is 4.48. The van der Waals surface area contributed by atoms with Gasteiger partial charge in [0.25, 0.3) is 0 Å². The Bertz CT molecular complexity index is 735. The van der Waals surface area contributed by atoms with Crippen molar-refractivity contribution < 1.29 is 0 Å². The molecule has 2 heterocycles. The molecule has 2 aromatic carbocycles. The van der Waals surface area contributed by atoms with E-state index in [-0.39, 0.29) is 0 Å². The first-order chi connectivity index (χ1) is 13.9. The number of benzene rings is 2. The van der Waals surface area contributed by atoms with Gasteiger partial charge in [0.05, 0.1) is 0 Å². The lowest BCUT2D eigenvalue weighted by molar-refractivity contribution is 0.340. The molecule has 2 aromatic heterocycles. The van der Waals surface area contributed by atoms with Crippen LogP contribution < -0.4 is 0 Å². The van der Waals surface area contributed by atoms with Gasteiger partial charge in [0, 0.05) is 30.2 Å². The summed E-state index contributed by atoms with van der Waals surface area (Å²) < 4.78 is 0. The van der Waals surface area contributed by atoms with Crippen LogP contribution in [0.2, 0.25) is 0 Å². The second-order valence-corrected chi connectivity index (χ2v) is 6.63. The van der Waals surface area contributed by atoms with Crippen LogP contribution in [0, 0.1) is 0 Å². The van der Waals surface area contributed by atoms with Crippen LogP contribution in [0.1, 0.15) is 35.9 Å². The lowest BCUT2D eigenvalue weighted by atomic mass is 9.68. The van der Waals surface area contributed by atoms with Crippen molar-refractivity contribution in [3.63, 3.8) is 0 Å². The van der Waals surface area contributed by atoms with Gasteiger partial charge in [-0.05, 0) is 48.6 Å². The Balaban J connectivity index is 0.000000153. The van der Waals surface area contributed by atoms with Gasteiger partial charge in [0.2, 0.25) is 0 Å². The average molecular weight is 367 g/mol. The van der Waals surface area contributed by atoms with Gasteiger partial charge < -0.3 is 0 Å². The lowest BCUT2D eigenvalue weighted by Gasteiger charge is -2.36. The summed E-state index contributed by atoms with van der Waals surface area (Å²) in [4.78, 5) is 8.26. The van der Waals surface area contributed by atoms with Crippen molar-refractivity contribution in [3.8, 4) is 0 Å². The SMILES string of the molecule is c1ccc(C2CCC2c2ccccn2)cc1.c1ccccc1.c1ccncc1. The summed E-state index contributed by atoms with van der Waals surface area (Å²) in [5, 5.41) is 0. The number of pyridine rings is 2. The van der Waals surface area contributed by atoms with Gasteiger partial charge in [-0.3, -0.25) is 9.97 Å². The molecule has 0 N–H and O–H groups in total. The highest BCUT2D eigenvalue weighted by atomic mass is 14.7. The molecule has 0 radical (unpaired) electrons. The van der Waals surface area contributed by atoms with E-state index in [0.29, 0.717) is 11.8 Å². The molecule has 28 heavy (non-hydrogen) atoms. The van der Waals surface area contributed by atoms with E-state index in [1.807, 2.05) is 66.9 Å². The van der Waals surface area contributed by atoms with Gasteiger partial charge in [0.1, 0.15) is 0 Å². The molecule has 1 saturated carbocycles. The molecule has 0 aliphatic heterocycles. The van der Waals surface area contributed by atoms with Crippen molar-refractivity contribution in [2.75, 3.05) is 0 Å². The van der Waals surface area contributed by atoms with Gasteiger partial charge in [-0.2, -0.15) is 0 Å². The van der Waals surface area contributed by atoms with Crippen molar-refractivity contribution in [1.82, 2.24) is 9.97 Å². The maximum Gasteiger partial charge on any atom is 0.0440 e. The van der Waals surface area contributed by atoms with Crippen LogP contribution in [-0.2, 0) is 0 Å². The second kappa shape index (κ2) is 11.5. The highest BCUT2D eigenvalue weighted by molar-refractivity contribution is 5.28. The minimum Gasteiger partial charge on any atom is -0.265 e. The molecule has 2 nitrogen and oxygen atoms in total. The number of hydrogen-bond acceptors (Lipinski definition) is 2. The molecular weight excluding hydrogens is 340 g/mol. The van der Waals surface area contributed by atoms with Crippen molar-refractivity contribution in [2.24, 2.45) is 0 Å². The van der Waals surface area contributed by atoms with Crippen LogP contribution in [0.5, 0.6) is 0 Å². The molecule has 2 unspecified atom stereocenters. The molecule has 140 valence electrons. The Morgan fingerprint density at radius 3 is 1.43 bits per heavy atom. The third-order valence-corrected chi connectivity index (χ3v) is 4.80. The highest BCUT2D eigenvalue weighted by Crippen LogP contribution is 2.48. The van der Waals surface area contributed by atoms with E-state index >= 15 is 0 Å².